The smallest absolute Gasteiger partial charge is 0.254 e. The third kappa shape index (κ3) is 4.71. The summed E-state index contributed by atoms with van der Waals surface area (Å²) in [5.74, 6) is 1.47. The van der Waals surface area contributed by atoms with E-state index in [1.54, 1.807) is 17.8 Å². The molecule has 2 aliphatic rings. The number of rotatable bonds is 6. The van der Waals surface area contributed by atoms with Crippen molar-refractivity contribution in [2.24, 2.45) is 0 Å². The minimum Gasteiger partial charge on any atom is -0.469 e. The normalized spacial score (nSPS) is 27.0. The molecule has 1 aliphatic carbocycles. The molecule has 0 spiro atoms. The van der Waals surface area contributed by atoms with Gasteiger partial charge < -0.3 is 13.7 Å². The van der Waals surface area contributed by atoms with Gasteiger partial charge in [-0.05, 0) is 63.6 Å². The summed E-state index contributed by atoms with van der Waals surface area (Å²) in [5, 5.41) is 0. The largest absolute Gasteiger partial charge is 0.469 e. The van der Waals surface area contributed by atoms with Crippen molar-refractivity contribution in [1.29, 1.82) is 0 Å². The summed E-state index contributed by atoms with van der Waals surface area (Å²) >= 11 is 0. The Bertz CT molecular complexity index is 1020. The van der Waals surface area contributed by atoms with Gasteiger partial charge in [-0.3, -0.25) is 4.79 Å². The van der Waals surface area contributed by atoms with Crippen molar-refractivity contribution in [3.8, 4) is 0 Å². The summed E-state index contributed by atoms with van der Waals surface area (Å²) in [4.78, 5) is 12.9. The highest BCUT2D eigenvalue weighted by atomic mass is 32.2. The number of fused-ring (bicyclic) bond motifs is 1. The molecule has 3 heterocycles. The molecule has 7 nitrogen and oxygen atoms in total. The highest BCUT2D eigenvalue weighted by Gasteiger charge is 2.34. The van der Waals surface area contributed by atoms with Gasteiger partial charge in [-0.1, -0.05) is 6.07 Å². The minimum absolute atomic E-state index is 0.0670. The maximum absolute atomic E-state index is 12.9. The number of hydrogen-bond acceptors (Lipinski definition) is 5. The van der Waals surface area contributed by atoms with Crippen LogP contribution in [-0.2, 0) is 21.2 Å². The molecule has 1 saturated carbocycles. The van der Waals surface area contributed by atoms with E-state index in [0.29, 0.717) is 30.9 Å². The predicted octanol–water partition coefficient (Wildman–Crippen LogP) is 2.90. The first-order valence-corrected chi connectivity index (χ1v) is 12.5. The molecule has 2 aromatic heterocycles. The third-order valence-electron chi connectivity index (χ3n) is 6.39. The van der Waals surface area contributed by atoms with Crippen LogP contribution < -0.4 is 10.3 Å². The van der Waals surface area contributed by atoms with E-state index in [9.17, 15) is 13.2 Å². The van der Waals surface area contributed by atoms with Crippen molar-refractivity contribution in [2.45, 2.75) is 69.6 Å². The summed E-state index contributed by atoms with van der Waals surface area (Å²) < 4.78 is 40.1. The molecular formula is C22H30N2O5S. The fourth-order valence-electron chi connectivity index (χ4n) is 4.81. The van der Waals surface area contributed by atoms with Crippen LogP contribution in [0.4, 0.5) is 0 Å². The van der Waals surface area contributed by atoms with E-state index in [4.69, 9.17) is 9.15 Å². The second-order valence-electron chi connectivity index (χ2n) is 8.61. The van der Waals surface area contributed by atoms with E-state index in [1.807, 2.05) is 24.3 Å². The molecule has 30 heavy (non-hydrogen) atoms. The number of nitrogens with zero attached hydrogens (tertiary/aromatic N) is 1. The Morgan fingerprint density at radius 3 is 2.60 bits per heavy atom. The van der Waals surface area contributed by atoms with Crippen molar-refractivity contribution in [3.05, 3.63) is 57.9 Å². The lowest BCUT2D eigenvalue weighted by Gasteiger charge is -2.37. The number of nitrogens with one attached hydrogen (secondary N) is 1. The molecule has 0 saturated heterocycles. The Morgan fingerprint density at radius 2 is 1.93 bits per heavy atom. The Balaban J connectivity index is 1.48. The van der Waals surface area contributed by atoms with Gasteiger partial charge in [0.05, 0.1) is 31.3 Å². The van der Waals surface area contributed by atoms with Gasteiger partial charge in [-0.15, -0.1) is 0 Å². The Hall–Kier alpha value is -1.90. The van der Waals surface area contributed by atoms with Crippen molar-refractivity contribution in [1.82, 2.24) is 9.29 Å². The monoisotopic (exact) mass is 434 g/mol. The summed E-state index contributed by atoms with van der Waals surface area (Å²) in [6.45, 7) is 2.11. The lowest BCUT2D eigenvalue weighted by Crippen LogP contribution is -2.49. The molecule has 0 amide bonds. The number of furan rings is 1. The molecule has 1 aliphatic heterocycles. The van der Waals surface area contributed by atoms with Gasteiger partial charge in [0.1, 0.15) is 5.76 Å². The molecular weight excluding hydrogens is 404 g/mol. The average molecular weight is 435 g/mol. The first-order valence-electron chi connectivity index (χ1n) is 10.6. The standard InChI is InChI=1S/C22H30N2O5S/c1-15-5-8-17-9-12-19(23-30(2,26)27)20(24(17)22(15)25)14-29-18-10-6-16(7-11-18)21-4-3-13-28-21/h3-5,8,13,16,18-20,23H,6-7,9-12,14H2,1-2H3/t16?,18?,19-,20-/m0/s1. The van der Waals surface area contributed by atoms with E-state index in [-0.39, 0.29) is 23.7 Å². The zero-order chi connectivity index (χ0) is 21.3. The molecule has 0 radical (unpaired) electrons. The van der Waals surface area contributed by atoms with E-state index in [2.05, 4.69) is 4.72 Å². The molecule has 0 aromatic carbocycles. The number of sulfonamides is 1. The van der Waals surface area contributed by atoms with Crippen molar-refractivity contribution in [3.63, 3.8) is 0 Å². The first kappa shape index (κ1) is 21.3. The van der Waals surface area contributed by atoms with Crippen LogP contribution in [0.1, 0.15) is 61.1 Å². The molecule has 0 bridgehead atoms. The second kappa shape index (κ2) is 8.69. The predicted molar refractivity (Wildman–Crippen MR) is 114 cm³/mol. The molecule has 164 valence electrons. The highest BCUT2D eigenvalue weighted by molar-refractivity contribution is 7.88. The lowest BCUT2D eigenvalue weighted by molar-refractivity contribution is -0.00262. The molecule has 1 fully saturated rings. The molecule has 4 rings (SSSR count). The van der Waals surface area contributed by atoms with Crippen LogP contribution in [0.2, 0.25) is 0 Å². The zero-order valence-electron chi connectivity index (χ0n) is 17.5. The summed E-state index contributed by atoms with van der Waals surface area (Å²) in [5.41, 5.74) is 1.53. The molecule has 0 unspecified atom stereocenters. The number of aryl methyl sites for hydroxylation is 2. The van der Waals surface area contributed by atoms with Gasteiger partial charge in [0.2, 0.25) is 10.0 Å². The Labute approximate surface area is 177 Å². The number of pyridine rings is 1. The van der Waals surface area contributed by atoms with Gasteiger partial charge in [0.15, 0.2) is 0 Å². The fourth-order valence-corrected chi connectivity index (χ4v) is 5.64. The van der Waals surface area contributed by atoms with Crippen molar-refractivity contribution < 1.29 is 17.6 Å². The Kier molecular flexibility index (Phi) is 6.18. The van der Waals surface area contributed by atoms with Gasteiger partial charge in [-0.2, -0.15) is 0 Å². The second-order valence-corrected chi connectivity index (χ2v) is 10.4. The summed E-state index contributed by atoms with van der Waals surface area (Å²) in [7, 11) is -3.39. The number of hydrogen-bond donors (Lipinski definition) is 1. The van der Waals surface area contributed by atoms with Crippen LogP contribution in [0.15, 0.2) is 39.7 Å². The maximum atomic E-state index is 12.9. The lowest BCUT2D eigenvalue weighted by atomic mass is 9.86. The van der Waals surface area contributed by atoms with E-state index in [0.717, 1.165) is 43.4 Å². The van der Waals surface area contributed by atoms with Crippen molar-refractivity contribution in [2.75, 3.05) is 12.9 Å². The molecule has 2 atom stereocenters. The SMILES string of the molecule is Cc1ccc2n(c1=O)[C@@H](COC1CCC(c3ccco3)CC1)[C@@H](NS(C)(=O)=O)CC2. The number of aromatic nitrogens is 1. The maximum Gasteiger partial charge on any atom is 0.254 e. The highest BCUT2D eigenvalue weighted by Crippen LogP contribution is 2.35. The minimum atomic E-state index is -3.39. The van der Waals surface area contributed by atoms with Gasteiger partial charge in [-0.25, -0.2) is 13.1 Å². The summed E-state index contributed by atoms with van der Waals surface area (Å²) in [6.07, 6.45) is 8.16. The zero-order valence-corrected chi connectivity index (χ0v) is 18.4. The average Bonchev–Trinajstić information content (AvgIpc) is 3.24. The number of ether oxygens (including phenoxy) is 1. The van der Waals surface area contributed by atoms with Crippen molar-refractivity contribution >= 4 is 10.0 Å². The van der Waals surface area contributed by atoms with Crippen LogP contribution in [-0.4, -0.2) is 38.0 Å². The Morgan fingerprint density at radius 1 is 1.17 bits per heavy atom. The van der Waals surface area contributed by atoms with Gasteiger partial charge >= 0.3 is 0 Å². The quantitative estimate of drug-likeness (QED) is 0.755. The van der Waals surface area contributed by atoms with Crippen LogP contribution in [0.5, 0.6) is 0 Å². The van der Waals surface area contributed by atoms with Crippen LogP contribution in [0, 0.1) is 6.92 Å². The molecule has 2 aromatic rings. The van der Waals surface area contributed by atoms with Crippen LogP contribution in [0.3, 0.4) is 0 Å². The molecule has 1 N–H and O–H groups in total. The molecule has 8 heteroatoms. The third-order valence-corrected chi connectivity index (χ3v) is 7.12. The van der Waals surface area contributed by atoms with Gasteiger partial charge in [0, 0.05) is 23.2 Å². The van der Waals surface area contributed by atoms with E-state index in [1.165, 1.54) is 0 Å². The first-order chi connectivity index (χ1) is 14.3. The van der Waals surface area contributed by atoms with E-state index < -0.39 is 10.0 Å². The summed E-state index contributed by atoms with van der Waals surface area (Å²) in [6, 6.07) is 7.06. The van der Waals surface area contributed by atoms with Crippen LogP contribution in [0.25, 0.3) is 0 Å². The topological polar surface area (TPSA) is 90.5 Å². The van der Waals surface area contributed by atoms with Crippen LogP contribution >= 0.6 is 0 Å². The van der Waals surface area contributed by atoms with E-state index >= 15 is 0 Å². The fraction of sp³-hybridized carbons (Fsp3) is 0.591. The van der Waals surface area contributed by atoms with Gasteiger partial charge in [0.25, 0.3) is 5.56 Å².